The third-order valence-electron chi connectivity index (χ3n) is 15.3. The fraction of sp³-hybridized carbons (Fsp3) is 0.714. The van der Waals surface area contributed by atoms with Crippen LogP contribution in [-0.2, 0) is 32.7 Å². The zero-order valence-electron chi connectivity index (χ0n) is 56.2. The third-order valence-corrected chi connectivity index (χ3v) is 16.3. The normalized spacial score (nSPS) is 13.7. The summed E-state index contributed by atoms with van der Waals surface area (Å²) in [6.07, 6.45) is 100. The van der Waals surface area contributed by atoms with E-state index in [9.17, 15) is 19.0 Å². The van der Waals surface area contributed by atoms with Crippen molar-refractivity contribution in [3.05, 3.63) is 122 Å². The van der Waals surface area contributed by atoms with Crippen molar-refractivity contribution in [1.82, 2.24) is 0 Å². The number of phosphoric acid groups is 1. The highest BCUT2D eigenvalue weighted by atomic mass is 31.2. The molecule has 87 heavy (non-hydrogen) atoms. The summed E-state index contributed by atoms with van der Waals surface area (Å²) in [6.45, 7) is 3.61. The van der Waals surface area contributed by atoms with Crippen LogP contribution in [0.4, 0.5) is 0 Å². The molecule has 0 spiro atoms. The van der Waals surface area contributed by atoms with Gasteiger partial charge in [-0.2, -0.15) is 0 Å². The molecule has 0 aromatic rings. The highest BCUT2D eigenvalue weighted by Crippen LogP contribution is 2.43. The molecule has 0 rings (SSSR count). The van der Waals surface area contributed by atoms with Crippen LogP contribution in [-0.4, -0.2) is 49.3 Å². The fourth-order valence-corrected chi connectivity index (χ4v) is 10.8. The molecule has 0 aliphatic heterocycles. The minimum Gasteiger partial charge on any atom is -0.462 e. The number of carbonyl (C=O) groups excluding carboxylic acids is 2. The van der Waals surface area contributed by atoms with Gasteiger partial charge in [0.15, 0.2) is 6.10 Å². The van der Waals surface area contributed by atoms with Crippen molar-refractivity contribution < 1.29 is 37.6 Å². The number of hydrogen-bond acceptors (Lipinski definition) is 8. The average molecular weight is 1230 g/mol. The van der Waals surface area contributed by atoms with Crippen LogP contribution < -0.4 is 5.73 Å². The number of nitrogens with two attached hydrogens (primary N) is 1. The highest BCUT2D eigenvalue weighted by molar-refractivity contribution is 7.47. The Morgan fingerprint density at radius 2 is 0.632 bits per heavy atom. The first-order valence-electron chi connectivity index (χ1n) is 36.0. The van der Waals surface area contributed by atoms with Gasteiger partial charge in [0.1, 0.15) is 6.61 Å². The second-order valence-electron chi connectivity index (χ2n) is 23.7. The Bertz CT molecular complexity index is 1840. The summed E-state index contributed by atoms with van der Waals surface area (Å²) in [6, 6.07) is 0. The monoisotopic (exact) mass is 1230 g/mol. The van der Waals surface area contributed by atoms with Crippen LogP contribution >= 0.6 is 7.82 Å². The van der Waals surface area contributed by atoms with E-state index in [0.717, 1.165) is 103 Å². The third kappa shape index (κ3) is 71.4. The Morgan fingerprint density at radius 1 is 0.356 bits per heavy atom. The number of ether oxygens (including phenoxy) is 2. The maximum Gasteiger partial charge on any atom is 0.472 e. The summed E-state index contributed by atoms with van der Waals surface area (Å²) in [5.41, 5.74) is 5.40. The molecule has 0 amide bonds. The Labute approximate surface area is 536 Å². The number of unbranched alkanes of at least 4 members (excludes halogenated alkanes) is 34. The van der Waals surface area contributed by atoms with Gasteiger partial charge in [-0.25, -0.2) is 4.57 Å². The van der Waals surface area contributed by atoms with Gasteiger partial charge in [-0.15, -0.1) is 0 Å². The lowest BCUT2D eigenvalue weighted by Crippen LogP contribution is -2.29. The van der Waals surface area contributed by atoms with E-state index in [1.54, 1.807) is 0 Å². The molecule has 0 radical (unpaired) electrons. The van der Waals surface area contributed by atoms with Crippen LogP contribution in [0.5, 0.6) is 0 Å². The van der Waals surface area contributed by atoms with Gasteiger partial charge in [-0.3, -0.25) is 18.6 Å². The van der Waals surface area contributed by atoms with Gasteiger partial charge >= 0.3 is 19.8 Å². The molecule has 500 valence electrons. The van der Waals surface area contributed by atoms with Crippen LogP contribution in [0.2, 0.25) is 0 Å². The largest absolute Gasteiger partial charge is 0.472 e. The van der Waals surface area contributed by atoms with Gasteiger partial charge in [0.2, 0.25) is 0 Å². The smallest absolute Gasteiger partial charge is 0.462 e. The summed E-state index contributed by atoms with van der Waals surface area (Å²) in [4.78, 5) is 35.4. The molecule has 0 saturated heterocycles. The Morgan fingerprint density at radius 3 is 0.943 bits per heavy atom. The number of esters is 2. The molecular weight excluding hydrogens is 1100 g/mol. The van der Waals surface area contributed by atoms with E-state index < -0.39 is 26.5 Å². The quantitative estimate of drug-likeness (QED) is 0.0264. The predicted octanol–water partition coefficient (Wildman–Crippen LogP) is 23.9. The summed E-state index contributed by atoms with van der Waals surface area (Å²) in [5, 5.41) is 0. The van der Waals surface area contributed by atoms with E-state index >= 15 is 0 Å². The van der Waals surface area contributed by atoms with Crippen LogP contribution in [0.15, 0.2) is 122 Å². The summed E-state index contributed by atoms with van der Waals surface area (Å²) >= 11 is 0. The first-order chi connectivity index (χ1) is 42.8. The molecule has 2 atom stereocenters. The van der Waals surface area contributed by atoms with E-state index in [-0.39, 0.29) is 38.6 Å². The molecule has 2 unspecified atom stereocenters. The van der Waals surface area contributed by atoms with Gasteiger partial charge in [-0.1, -0.05) is 322 Å². The minimum atomic E-state index is -4.41. The number of allylic oxidation sites excluding steroid dienone is 20. The first kappa shape index (κ1) is 83.4. The van der Waals surface area contributed by atoms with E-state index in [2.05, 4.69) is 135 Å². The first-order valence-corrected chi connectivity index (χ1v) is 37.5. The second kappa shape index (κ2) is 71.5. The molecule has 0 aliphatic rings. The fourth-order valence-electron chi connectivity index (χ4n) is 10.0. The van der Waals surface area contributed by atoms with Gasteiger partial charge in [0.25, 0.3) is 0 Å². The summed E-state index contributed by atoms with van der Waals surface area (Å²) in [7, 11) is -4.41. The van der Waals surface area contributed by atoms with Crippen molar-refractivity contribution >= 4 is 19.8 Å². The molecule has 3 N–H and O–H groups in total. The zero-order valence-corrected chi connectivity index (χ0v) is 57.1. The van der Waals surface area contributed by atoms with Crippen LogP contribution in [0.1, 0.15) is 322 Å². The van der Waals surface area contributed by atoms with E-state index in [1.165, 1.54) is 186 Å². The molecule has 0 bridgehead atoms. The predicted molar refractivity (Wildman–Crippen MR) is 376 cm³/mol. The molecule has 0 aromatic carbocycles. The highest BCUT2D eigenvalue weighted by Gasteiger charge is 2.26. The molecule has 10 heteroatoms. The molecule has 0 aromatic heterocycles. The van der Waals surface area contributed by atoms with Gasteiger partial charge in [0, 0.05) is 19.4 Å². The van der Waals surface area contributed by atoms with Crippen LogP contribution in [0, 0.1) is 0 Å². The molecular formula is C77H134NO8P. The summed E-state index contributed by atoms with van der Waals surface area (Å²) in [5.74, 6) is -0.853. The molecule has 0 fully saturated rings. The zero-order chi connectivity index (χ0) is 63.0. The molecule has 0 aliphatic carbocycles. The van der Waals surface area contributed by atoms with E-state index in [1.807, 2.05) is 0 Å². The SMILES string of the molecule is CC/C=C\C/C=C\C/C=C\C/C=C\C/C=C\C/C=C\C/C=C\C/C=C\CCCCCCC(=O)OC(COC(=O)CCCCCCCCCCCCCCCCCCCCCCCCCCC/C=C\C/C=C\CCCCCCC)COP(=O)(O)OCCN. The van der Waals surface area contributed by atoms with E-state index in [4.69, 9.17) is 24.3 Å². The van der Waals surface area contributed by atoms with Gasteiger partial charge < -0.3 is 20.1 Å². The number of rotatable bonds is 67. The molecule has 9 nitrogen and oxygen atoms in total. The lowest BCUT2D eigenvalue weighted by molar-refractivity contribution is -0.161. The lowest BCUT2D eigenvalue weighted by Gasteiger charge is -2.19. The number of carbonyl (C=O) groups is 2. The van der Waals surface area contributed by atoms with Crippen molar-refractivity contribution in [3.8, 4) is 0 Å². The van der Waals surface area contributed by atoms with Crippen molar-refractivity contribution in [3.63, 3.8) is 0 Å². The van der Waals surface area contributed by atoms with Gasteiger partial charge in [-0.05, 0) is 109 Å². The van der Waals surface area contributed by atoms with Gasteiger partial charge in [0.05, 0.1) is 13.2 Å². The Balaban J connectivity index is 3.89. The lowest BCUT2D eigenvalue weighted by atomic mass is 10.0. The number of phosphoric ester groups is 1. The molecule has 0 saturated carbocycles. The van der Waals surface area contributed by atoms with Crippen molar-refractivity contribution in [2.24, 2.45) is 5.73 Å². The Hall–Kier alpha value is -3.59. The average Bonchev–Trinajstić information content (AvgIpc) is 3.63. The standard InChI is InChI=1S/C77H134NO8P/c1-3-5-7-9-11-13-15-17-19-21-23-25-27-29-31-33-34-35-36-37-38-39-40-42-43-45-47-49-51-53-55-57-59-61-63-65-67-69-76(79)83-73-75(74-85-87(81,82)84-72-71-78)86-77(80)70-68-66-64-62-60-58-56-54-52-50-48-46-44-41-32-30-28-26-24-22-20-18-16-14-12-10-8-6-4-2/h6,8,12,14-15,17-18,20-21,23-24,26,30,32,44,46,50,52,56,58,75H,3-5,7,9-11,13,16,19,22,25,27-29,31,33-43,45,47-49,51,53-55,57,59-74,78H2,1-2H3,(H,81,82)/b8-6-,14-12-,17-15-,20-18-,23-21-,26-24-,32-30-,46-44-,52-50-,58-56-. The number of hydrogen-bond donors (Lipinski definition) is 2. The maximum absolute atomic E-state index is 12.8. The Kier molecular flexibility index (Phi) is 68.5. The minimum absolute atomic E-state index is 0.0441. The maximum atomic E-state index is 12.8. The topological polar surface area (TPSA) is 134 Å². The summed E-state index contributed by atoms with van der Waals surface area (Å²) < 4.78 is 33.2. The van der Waals surface area contributed by atoms with Crippen molar-refractivity contribution in [2.45, 2.75) is 328 Å². The van der Waals surface area contributed by atoms with Crippen LogP contribution in [0.3, 0.4) is 0 Å². The van der Waals surface area contributed by atoms with Crippen molar-refractivity contribution in [1.29, 1.82) is 0 Å². The second-order valence-corrected chi connectivity index (χ2v) is 25.2. The molecule has 0 heterocycles. The van der Waals surface area contributed by atoms with Crippen LogP contribution in [0.25, 0.3) is 0 Å². The van der Waals surface area contributed by atoms with E-state index in [0.29, 0.717) is 6.42 Å². The van der Waals surface area contributed by atoms with Crippen molar-refractivity contribution in [2.75, 3.05) is 26.4 Å².